The molecule has 1 aromatic rings. The Balaban J connectivity index is 2.53. The SMILES string of the molecule is [2H]c1cc(F)c2c(c1)NCCO2. The maximum absolute atomic E-state index is 13.0. The molecule has 3 heteroatoms. The fourth-order valence-corrected chi connectivity index (χ4v) is 1.07. The number of ether oxygens (including phenoxy) is 1. The summed E-state index contributed by atoms with van der Waals surface area (Å²) in [7, 11) is 0. The first-order valence-electron chi connectivity index (χ1n) is 3.94. The Morgan fingerprint density at radius 2 is 2.55 bits per heavy atom. The van der Waals surface area contributed by atoms with Crippen LogP contribution in [0.4, 0.5) is 10.1 Å². The van der Waals surface area contributed by atoms with E-state index >= 15 is 0 Å². The zero-order chi connectivity index (χ0) is 8.55. The number of anilines is 1. The first-order valence-corrected chi connectivity index (χ1v) is 3.44. The molecule has 1 aromatic carbocycles. The Morgan fingerprint density at radius 1 is 1.64 bits per heavy atom. The minimum atomic E-state index is -0.468. The Kier molecular flexibility index (Phi) is 1.19. The van der Waals surface area contributed by atoms with Crippen LogP contribution in [0.15, 0.2) is 18.2 Å². The van der Waals surface area contributed by atoms with Gasteiger partial charge in [0.25, 0.3) is 0 Å². The summed E-state index contributed by atoms with van der Waals surface area (Å²) < 4.78 is 25.4. The highest BCUT2D eigenvalue weighted by atomic mass is 19.1. The van der Waals surface area contributed by atoms with Crippen molar-refractivity contribution in [3.63, 3.8) is 0 Å². The van der Waals surface area contributed by atoms with Crippen molar-refractivity contribution in [3.8, 4) is 5.75 Å². The molecule has 0 saturated carbocycles. The van der Waals surface area contributed by atoms with E-state index in [4.69, 9.17) is 6.11 Å². The Labute approximate surface area is 65.4 Å². The molecule has 0 saturated heterocycles. The van der Waals surface area contributed by atoms with Crippen molar-refractivity contribution in [2.45, 2.75) is 0 Å². The molecule has 1 N–H and O–H groups in total. The molecule has 0 atom stereocenters. The third kappa shape index (κ3) is 1.02. The maximum Gasteiger partial charge on any atom is 0.178 e. The van der Waals surface area contributed by atoms with Crippen molar-refractivity contribution in [1.82, 2.24) is 0 Å². The number of benzene rings is 1. The van der Waals surface area contributed by atoms with Gasteiger partial charge in [0.2, 0.25) is 0 Å². The van der Waals surface area contributed by atoms with Gasteiger partial charge in [-0.05, 0) is 12.1 Å². The molecule has 2 rings (SSSR count). The van der Waals surface area contributed by atoms with Gasteiger partial charge in [0.1, 0.15) is 6.61 Å². The van der Waals surface area contributed by atoms with Crippen molar-refractivity contribution in [2.24, 2.45) is 0 Å². The summed E-state index contributed by atoms with van der Waals surface area (Å²) in [6, 6.07) is 2.85. The normalized spacial score (nSPS) is 15.9. The van der Waals surface area contributed by atoms with Crippen molar-refractivity contribution >= 4 is 5.69 Å². The van der Waals surface area contributed by atoms with Crippen LogP contribution in [0.5, 0.6) is 5.75 Å². The van der Waals surface area contributed by atoms with Crippen LogP contribution in [0.3, 0.4) is 0 Å². The van der Waals surface area contributed by atoms with Crippen LogP contribution in [-0.4, -0.2) is 13.2 Å². The van der Waals surface area contributed by atoms with E-state index in [-0.39, 0.29) is 11.8 Å². The molecule has 58 valence electrons. The third-order valence-electron chi connectivity index (χ3n) is 1.56. The molecule has 0 radical (unpaired) electrons. The highest BCUT2D eigenvalue weighted by Gasteiger charge is 2.12. The summed E-state index contributed by atoms with van der Waals surface area (Å²) >= 11 is 0. The highest BCUT2D eigenvalue weighted by Crippen LogP contribution is 2.29. The Morgan fingerprint density at radius 3 is 3.45 bits per heavy atom. The number of hydrogen-bond donors (Lipinski definition) is 1. The lowest BCUT2D eigenvalue weighted by Crippen LogP contribution is -2.18. The summed E-state index contributed by atoms with van der Waals surface area (Å²) in [6.45, 7) is 1.14. The van der Waals surface area contributed by atoms with E-state index in [1.807, 2.05) is 0 Å². The monoisotopic (exact) mass is 154 g/mol. The minimum Gasteiger partial charge on any atom is -0.486 e. The van der Waals surface area contributed by atoms with Crippen molar-refractivity contribution < 1.29 is 10.5 Å². The third-order valence-corrected chi connectivity index (χ3v) is 1.56. The molecule has 0 amide bonds. The van der Waals surface area contributed by atoms with Gasteiger partial charge in [-0.1, -0.05) is 6.04 Å². The van der Waals surface area contributed by atoms with E-state index in [1.54, 1.807) is 6.07 Å². The Hall–Kier alpha value is -1.25. The highest BCUT2D eigenvalue weighted by molar-refractivity contribution is 5.58. The molecule has 0 fully saturated rings. The summed E-state index contributed by atoms with van der Waals surface area (Å²) in [6.07, 6.45) is 0. The van der Waals surface area contributed by atoms with E-state index in [9.17, 15) is 4.39 Å². The van der Waals surface area contributed by atoms with Gasteiger partial charge < -0.3 is 10.1 Å². The molecule has 0 aliphatic carbocycles. The molecule has 0 spiro atoms. The van der Waals surface area contributed by atoms with Gasteiger partial charge in [0.15, 0.2) is 11.6 Å². The summed E-state index contributed by atoms with van der Waals surface area (Å²) in [5.74, 6) is -0.234. The van der Waals surface area contributed by atoms with E-state index in [0.29, 0.717) is 18.8 Å². The fraction of sp³-hybridized carbons (Fsp3) is 0.250. The molecular formula is C8H8FNO. The summed E-state index contributed by atoms with van der Waals surface area (Å²) in [4.78, 5) is 0. The first kappa shape index (κ1) is 5.41. The number of hydrogen-bond acceptors (Lipinski definition) is 2. The van der Waals surface area contributed by atoms with Gasteiger partial charge in [0, 0.05) is 6.54 Å². The van der Waals surface area contributed by atoms with Crippen LogP contribution in [0.25, 0.3) is 0 Å². The second kappa shape index (κ2) is 2.42. The van der Waals surface area contributed by atoms with Crippen LogP contribution >= 0.6 is 0 Å². The fourth-order valence-electron chi connectivity index (χ4n) is 1.07. The van der Waals surface area contributed by atoms with Crippen LogP contribution in [0.2, 0.25) is 0 Å². The van der Waals surface area contributed by atoms with Crippen LogP contribution < -0.4 is 10.1 Å². The van der Waals surface area contributed by atoms with Gasteiger partial charge in [-0.3, -0.25) is 0 Å². The van der Waals surface area contributed by atoms with Gasteiger partial charge >= 0.3 is 0 Å². The predicted octanol–water partition coefficient (Wildman–Crippen LogP) is 1.63. The second-order valence-electron chi connectivity index (χ2n) is 2.32. The average Bonchev–Trinajstić information content (AvgIpc) is 2.04. The van der Waals surface area contributed by atoms with Crippen molar-refractivity contribution in [2.75, 3.05) is 18.5 Å². The molecule has 0 bridgehead atoms. The topological polar surface area (TPSA) is 21.3 Å². The number of nitrogens with one attached hydrogen (secondary N) is 1. The van der Waals surface area contributed by atoms with Gasteiger partial charge in [-0.15, -0.1) is 0 Å². The summed E-state index contributed by atoms with van der Waals surface area (Å²) in [5.41, 5.74) is 0.575. The van der Waals surface area contributed by atoms with Gasteiger partial charge in [0.05, 0.1) is 7.06 Å². The molecular weight excluding hydrogens is 145 g/mol. The molecule has 1 aliphatic rings. The van der Waals surface area contributed by atoms with E-state index in [1.165, 1.54) is 0 Å². The molecule has 0 aromatic heterocycles. The zero-order valence-corrected chi connectivity index (χ0v) is 5.86. The number of fused-ring (bicyclic) bond motifs is 1. The lowest BCUT2D eigenvalue weighted by Gasteiger charge is -2.18. The summed E-state index contributed by atoms with van der Waals surface area (Å²) in [5, 5.41) is 2.96. The largest absolute Gasteiger partial charge is 0.486 e. The van der Waals surface area contributed by atoms with E-state index < -0.39 is 5.82 Å². The molecule has 1 aliphatic heterocycles. The molecule has 2 nitrogen and oxygen atoms in total. The molecule has 0 unspecified atom stereocenters. The van der Waals surface area contributed by atoms with Crippen molar-refractivity contribution in [3.05, 3.63) is 24.0 Å². The Bertz CT molecular complexity index is 316. The smallest absolute Gasteiger partial charge is 0.178 e. The van der Waals surface area contributed by atoms with E-state index in [2.05, 4.69) is 5.32 Å². The maximum atomic E-state index is 13.0. The second-order valence-corrected chi connectivity index (χ2v) is 2.32. The number of halogens is 1. The zero-order valence-electron chi connectivity index (χ0n) is 6.86. The molecule has 11 heavy (non-hydrogen) atoms. The minimum absolute atomic E-state index is 0.157. The lowest BCUT2D eigenvalue weighted by atomic mass is 10.2. The number of rotatable bonds is 0. The van der Waals surface area contributed by atoms with Crippen LogP contribution in [0.1, 0.15) is 1.37 Å². The lowest BCUT2D eigenvalue weighted by molar-refractivity contribution is 0.306. The van der Waals surface area contributed by atoms with Gasteiger partial charge in [-0.25, -0.2) is 4.39 Å². The number of para-hydroxylation sites is 1. The first-order chi connectivity index (χ1) is 5.77. The quantitative estimate of drug-likeness (QED) is 0.613. The molecule has 1 heterocycles. The average molecular weight is 154 g/mol. The standard InChI is InChI=1S/C8H8FNO/c9-6-2-1-3-7-8(6)11-5-4-10-7/h1-3,10H,4-5H2/i1D. The van der Waals surface area contributed by atoms with E-state index in [0.717, 1.165) is 6.07 Å². The van der Waals surface area contributed by atoms with Crippen LogP contribution in [0, 0.1) is 5.82 Å². The van der Waals surface area contributed by atoms with Crippen LogP contribution in [-0.2, 0) is 0 Å². The van der Waals surface area contributed by atoms with Gasteiger partial charge in [-0.2, -0.15) is 0 Å². The predicted molar refractivity (Wildman–Crippen MR) is 40.4 cm³/mol. The van der Waals surface area contributed by atoms with Crippen molar-refractivity contribution in [1.29, 1.82) is 0 Å².